The number of hydrogen-bond acceptors (Lipinski definition) is 9. The van der Waals surface area contributed by atoms with Gasteiger partial charge < -0.3 is 59.7 Å². The highest BCUT2D eigenvalue weighted by molar-refractivity contribution is 6.05. The molecule has 6 aromatic carbocycles. The molecule has 3 heterocycles. The molecule has 9 aromatic rings. The van der Waals surface area contributed by atoms with Crippen LogP contribution < -0.4 is 0 Å². The minimum Gasteiger partial charge on any atom is -0.508 e. The van der Waals surface area contributed by atoms with Gasteiger partial charge in [-0.1, -0.05) is 48.5 Å². The van der Waals surface area contributed by atoms with Crippen LogP contribution in [0.1, 0.15) is 64.5 Å². The second-order valence-electron chi connectivity index (χ2n) is 16.6. The maximum Gasteiger partial charge on any atom is 0.336 e. The minimum absolute atomic E-state index is 0.0909. The summed E-state index contributed by atoms with van der Waals surface area (Å²) >= 11 is 0. The molecule has 0 spiro atoms. The van der Waals surface area contributed by atoms with Gasteiger partial charge in [0.2, 0.25) is 0 Å². The van der Waals surface area contributed by atoms with Crippen LogP contribution >= 0.6 is 0 Å². The highest BCUT2D eigenvalue weighted by Crippen LogP contribution is 2.29. The molecule has 0 fully saturated rings. The van der Waals surface area contributed by atoms with E-state index in [1.807, 2.05) is 13.7 Å². The molecule has 0 aliphatic heterocycles. The molecule has 0 atom stereocenters. The molecular formula is C54H45N3O15. The number of hydrogen-bond donors (Lipinski definition) is 9. The molecule has 3 aromatic heterocycles. The molecule has 0 aliphatic carbocycles. The van der Waals surface area contributed by atoms with E-state index in [-0.39, 0.29) is 53.2 Å². The van der Waals surface area contributed by atoms with Crippen molar-refractivity contribution in [2.75, 3.05) is 0 Å². The smallest absolute Gasteiger partial charge is 0.336 e. The Morgan fingerprint density at radius 3 is 1.24 bits per heavy atom. The number of rotatable bonds is 15. The summed E-state index contributed by atoms with van der Waals surface area (Å²) in [6.07, 6.45) is 4.59. The Bertz CT molecular complexity index is 3460. The summed E-state index contributed by atoms with van der Waals surface area (Å²) in [7, 11) is 0. The molecule has 0 saturated carbocycles. The van der Waals surface area contributed by atoms with Gasteiger partial charge in [-0.15, -0.1) is 0 Å². The van der Waals surface area contributed by atoms with E-state index in [9.17, 15) is 54.3 Å². The summed E-state index contributed by atoms with van der Waals surface area (Å²) in [4.78, 5) is 67.1. The maximum atomic E-state index is 11.5. The van der Waals surface area contributed by atoms with Crippen molar-refractivity contribution in [3.05, 3.63) is 196 Å². The lowest BCUT2D eigenvalue weighted by atomic mass is 10.0. The van der Waals surface area contributed by atoms with Crippen LogP contribution in [0, 0.1) is 0 Å². The highest BCUT2D eigenvalue weighted by Gasteiger charge is 2.19. The second kappa shape index (κ2) is 21.6. The van der Waals surface area contributed by atoms with Crippen LogP contribution in [0.25, 0.3) is 32.7 Å². The monoisotopic (exact) mass is 975 g/mol. The SMILES string of the molecule is O=C(O)Cc1cn(Cc2ccc(O)cc2)c2cc(C(=O)O)ccc12.O=C(O)Cc1cn(Cc2ccc(O)cc2)c2ccc(C(=O)O)cc12.O=C(O)Cc1cn(Cc2ccc(O)cc2)c2cccc(C(=O)O)c12. The van der Waals surface area contributed by atoms with Gasteiger partial charge in [0.25, 0.3) is 0 Å². The van der Waals surface area contributed by atoms with Gasteiger partial charge in [-0.2, -0.15) is 0 Å². The fourth-order valence-electron chi connectivity index (χ4n) is 8.31. The van der Waals surface area contributed by atoms with Gasteiger partial charge in [-0.05, 0) is 112 Å². The number of aromatic hydroxyl groups is 3. The lowest BCUT2D eigenvalue weighted by Gasteiger charge is -2.06. The molecule has 18 heteroatoms. The number of carboxylic acid groups (broad SMARTS) is 6. The van der Waals surface area contributed by atoms with Gasteiger partial charge in [0, 0.05) is 70.9 Å². The quantitative estimate of drug-likeness (QED) is 0.0468. The number of carboxylic acids is 6. The Labute approximate surface area is 408 Å². The first-order valence-electron chi connectivity index (χ1n) is 21.9. The highest BCUT2D eigenvalue weighted by atomic mass is 16.4. The fraction of sp³-hybridized carbons (Fsp3) is 0.111. The van der Waals surface area contributed by atoms with Crippen LogP contribution in [0.3, 0.4) is 0 Å². The number of phenols is 3. The lowest BCUT2D eigenvalue weighted by molar-refractivity contribution is -0.137. The zero-order chi connectivity index (χ0) is 51.8. The molecule has 18 nitrogen and oxygen atoms in total. The summed E-state index contributed by atoms with van der Waals surface area (Å²) in [5.41, 5.74) is 6.89. The van der Waals surface area contributed by atoms with Crippen molar-refractivity contribution in [2.45, 2.75) is 38.9 Å². The third kappa shape index (κ3) is 12.1. The van der Waals surface area contributed by atoms with E-state index in [0.29, 0.717) is 58.1 Å². The first-order chi connectivity index (χ1) is 34.3. The van der Waals surface area contributed by atoms with Crippen LogP contribution in [0.5, 0.6) is 17.2 Å². The molecule has 366 valence electrons. The molecule has 72 heavy (non-hydrogen) atoms. The maximum absolute atomic E-state index is 11.5. The Hall–Kier alpha value is -9.84. The van der Waals surface area contributed by atoms with Crippen molar-refractivity contribution < 1.29 is 74.7 Å². The van der Waals surface area contributed by atoms with Crippen LogP contribution in [-0.4, -0.2) is 95.5 Å². The molecule has 9 N–H and O–H groups in total. The molecule has 0 bridgehead atoms. The topological polar surface area (TPSA) is 299 Å². The van der Waals surface area contributed by atoms with Crippen molar-refractivity contribution in [1.82, 2.24) is 13.7 Å². The first-order valence-corrected chi connectivity index (χ1v) is 21.9. The number of nitrogens with zero attached hydrogens (tertiary/aromatic N) is 3. The average molecular weight is 976 g/mol. The van der Waals surface area contributed by atoms with Crippen LogP contribution in [0.15, 0.2) is 146 Å². The molecular weight excluding hydrogens is 931 g/mol. The van der Waals surface area contributed by atoms with Crippen molar-refractivity contribution in [1.29, 1.82) is 0 Å². The predicted molar refractivity (Wildman–Crippen MR) is 262 cm³/mol. The molecule has 0 radical (unpaired) electrons. The van der Waals surface area contributed by atoms with Gasteiger partial charge in [0.15, 0.2) is 0 Å². The summed E-state index contributed by atoms with van der Waals surface area (Å²) in [5, 5.41) is 84.8. The van der Waals surface area contributed by atoms with E-state index in [1.165, 1.54) is 24.3 Å². The van der Waals surface area contributed by atoms with Crippen molar-refractivity contribution >= 4 is 68.5 Å². The van der Waals surface area contributed by atoms with Crippen LogP contribution in [0.4, 0.5) is 0 Å². The largest absolute Gasteiger partial charge is 0.508 e. The van der Waals surface area contributed by atoms with Gasteiger partial charge in [0.1, 0.15) is 17.2 Å². The number of aromatic carboxylic acids is 3. The first kappa shape index (κ1) is 50.0. The van der Waals surface area contributed by atoms with E-state index in [2.05, 4.69) is 0 Å². The molecule has 9 rings (SSSR count). The molecule has 0 aliphatic rings. The Balaban J connectivity index is 0.000000158. The van der Waals surface area contributed by atoms with Gasteiger partial charge in [-0.25, -0.2) is 14.4 Å². The number of carbonyl (C=O) groups is 6. The fourth-order valence-corrected chi connectivity index (χ4v) is 8.31. The van der Waals surface area contributed by atoms with Gasteiger partial charge >= 0.3 is 35.8 Å². The van der Waals surface area contributed by atoms with E-state index >= 15 is 0 Å². The third-order valence-corrected chi connectivity index (χ3v) is 11.5. The standard InChI is InChI=1S/3C18H15NO5/c20-14-4-1-11(2-5-14)9-19-10-13(8-17(21)22)15-7-12(18(23)24)3-6-16(15)19;20-14-4-1-11(2-5-14)9-19-10-13(8-17(21)22)15-6-3-12(18(23)24)7-16(15)19;20-13-6-4-11(5-7-13)9-19-10-12(8-16(21)22)17-14(18(23)24)2-1-3-15(17)19/h3*1-7,10,20H,8-9H2,(H,21,22)(H,23,24). The number of aliphatic carboxylic acids is 3. The van der Waals surface area contributed by atoms with E-state index < -0.39 is 35.8 Å². The minimum atomic E-state index is -1.09. The normalized spacial score (nSPS) is 10.8. The van der Waals surface area contributed by atoms with Gasteiger partial charge in [0.05, 0.1) is 36.0 Å². The summed E-state index contributed by atoms with van der Waals surface area (Å²) in [5.74, 6) is -5.60. The summed E-state index contributed by atoms with van der Waals surface area (Å²) in [6.45, 7) is 1.38. The zero-order valence-electron chi connectivity index (χ0n) is 37.9. The lowest BCUT2D eigenvalue weighted by Crippen LogP contribution is -2.02. The van der Waals surface area contributed by atoms with Crippen molar-refractivity contribution in [3.8, 4) is 17.2 Å². The van der Waals surface area contributed by atoms with Gasteiger partial charge in [-0.3, -0.25) is 14.4 Å². The Morgan fingerprint density at radius 2 is 0.778 bits per heavy atom. The summed E-state index contributed by atoms with van der Waals surface area (Å²) < 4.78 is 5.53. The van der Waals surface area contributed by atoms with E-state index in [1.54, 1.807) is 122 Å². The number of fused-ring (bicyclic) bond motifs is 3. The van der Waals surface area contributed by atoms with E-state index in [4.69, 9.17) is 20.4 Å². The van der Waals surface area contributed by atoms with Crippen molar-refractivity contribution in [3.63, 3.8) is 0 Å². The summed E-state index contributed by atoms with van der Waals surface area (Å²) in [6, 6.07) is 34.3. The predicted octanol–water partition coefficient (Wildman–Crippen LogP) is 8.16. The Kier molecular flexibility index (Phi) is 15.0. The molecule has 0 unspecified atom stereocenters. The zero-order valence-corrected chi connectivity index (χ0v) is 37.9. The Morgan fingerprint density at radius 1 is 0.375 bits per heavy atom. The van der Waals surface area contributed by atoms with Crippen LogP contribution in [-0.2, 0) is 53.3 Å². The second-order valence-corrected chi connectivity index (χ2v) is 16.6. The van der Waals surface area contributed by atoms with Crippen LogP contribution in [0.2, 0.25) is 0 Å². The molecule has 0 saturated heterocycles. The van der Waals surface area contributed by atoms with Crippen molar-refractivity contribution in [2.24, 2.45) is 0 Å². The molecule has 0 amide bonds. The van der Waals surface area contributed by atoms with E-state index in [0.717, 1.165) is 27.6 Å². The third-order valence-electron chi connectivity index (χ3n) is 11.5. The number of benzene rings is 6. The average Bonchev–Trinajstić information content (AvgIpc) is 3.97. The number of aromatic nitrogens is 3. The number of phenolic OH excluding ortho intramolecular Hbond substituents is 3.